The van der Waals surface area contributed by atoms with E-state index in [0.717, 1.165) is 42.0 Å². The fraction of sp³-hybridized carbons (Fsp3) is 0.400. The average Bonchev–Trinajstić information content (AvgIpc) is 2.90. The number of rotatable bonds is 2. The van der Waals surface area contributed by atoms with Crippen LogP contribution in [0, 0.1) is 0 Å². The summed E-state index contributed by atoms with van der Waals surface area (Å²) in [6.07, 6.45) is 8.59. The first-order valence-corrected chi connectivity index (χ1v) is 7.15. The van der Waals surface area contributed by atoms with Crippen LogP contribution in [-0.2, 0) is 0 Å². The highest BCUT2D eigenvalue weighted by Gasteiger charge is 2.20. The summed E-state index contributed by atoms with van der Waals surface area (Å²) < 4.78 is 2.23. The highest BCUT2D eigenvalue weighted by atomic mass is 35.5. The molecule has 0 unspecified atom stereocenters. The van der Waals surface area contributed by atoms with E-state index in [9.17, 15) is 0 Å². The van der Waals surface area contributed by atoms with Gasteiger partial charge in [-0.25, -0.2) is 4.98 Å². The van der Waals surface area contributed by atoms with Crippen LogP contribution in [0.1, 0.15) is 31.7 Å². The highest BCUT2D eigenvalue weighted by Crippen LogP contribution is 2.29. The Morgan fingerprint density at radius 1 is 1.11 bits per heavy atom. The van der Waals surface area contributed by atoms with Gasteiger partial charge in [0.25, 0.3) is 0 Å². The van der Waals surface area contributed by atoms with Gasteiger partial charge in [-0.1, -0.05) is 23.7 Å². The van der Waals surface area contributed by atoms with Crippen LogP contribution in [0.4, 0.5) is 0 Å². The predicted octanol–water partition coefficient (Wildman–Crippen LogP) is 3.65. The third-order valence-corrected chi connectivity index (χ3v) is 4.16. The van der Waals surface area contributed by atoms with Gasteiger partial charge in [0.1, 0.15) is 0 Å². The lowest BCUT2D eigenvalue weighted by Crippen LogP contribution is -2.27. The molecule has 1 aromatic carbocycles. The van der Waals surface area contributed by atoms with Crippen molar-refractivity contribution in [3.8, 4) is 11.3 Å². The van der Waals surface area contributed by atoms with Crippen molar-refractivity contribution >= 4 is 11.6 Å². The topological polar surface area (TPSA) is 43.8 Å². The number of nitrogens with zero attached hydrogens (tertiary/aromatic N) is 2. The van der Waals surface area contributed by atoms with Gasteiger partial charge in [-0.05, 0) is 37.8 Å². The van der Waals surface area contributed by atoms with E-state index in [-0.39, 0.29) is 0 Å². The number of aromatic nitrogens is 2. The maximum Gasteiger partial charge on any atom is 0.0956 e. The van der Waals surface area contributed by atoms with Gasteiger partial charge in [-0.3, -0.25) is 0 Å². The first-order chi connectivity index (χ1) is 9.22. The Morgan fingerprint density at radius 3 is 2.47 bits per heavy atom. The summed E-state index contributed by atoms with van der Waals surface area (Å²) in [5.74, 6) is 0. The summed E-state index contributed by atoms with van der Waals surface area (Å²) in [4.78, 5) is 4.50. The van der Waals surface area contributed by atoms with Gasteiger partial charge < -0.3 is 10.3 Å². The maximum atomic E-state index is 5.95. The second-order valence-electron chi connectivity index (χ2n) is 5.28. The lowest BCUT2D eigenvalue weighted by Gasteiger charge is -2.26. The molecule has 1 aromatic heterocycles. The Kier molecular flexibility index (Phi) is 3.58. The fourth-order valence-corrected chi connectivity index (χ4v) is 2.83. The van der Waals surface area contributed by atoms with Gasteiger partial charge in [0.15, 0.2) is 0 Å². The number of hydrogen-bond donors (Lipinski definition) is 1. The summed E-state index contributed by atoms with van der Waals surface area (Å²) in [5, 5.41) is 0.754. The molecule has 1 fully saturated rings. The zero-order valence-corrected chi connectivity index (χ0v) is 11.6. The van der Waals surface area contributed by atoms with Crippen molar-refractivity contribution in [1.82, 2.24) is 9.55 Å². The molecular formula is C15H18ClN3. The van der Waals surface area contributed by atoms with E-state index in [4.69, 9.17) is 17.3 Å². The van der Waals surface area contributed by atoms with Crippen LogP contribution >= 0.6 is 11.6 Å². The third kappa shape index (κ3) is 2.82. The molecule has 19 heavy (non-hydrogen) atoms. The molecular weight excluding hydrogens is 258 g/mol. The van der Waals surface area contributed by atoms with Crippen LogP contribution < -0.4 is 5.73 Å². The Balaban J connectivity index is 1.77. The molecule has 0 saturated heterocycles. The molecule has 0 radical (unpaired) electrons. The molecule has 0 amide bonds. The standard InChI is InChI=1S/C15H18ClN3/c16-12-3-1-11(2-4-12)15-9-19(10-18-15)14-7-5-13(17)6-8-14/h1-4,9-10,13-14H,5-8,17H2. The smallest absolute Gasteiger partial charge is 0.0956 e. The molecule has 0 aliphatic heterocycles. The Bertz CT molecular complexity index is 539. The number of nitrogens with two attached hydrogens (primary N) is 1. The summed E-state index contributed by atoms with van der Waals surface area (Å²) in [7, 11) is 0. The molecule has 1 saturated carbocycles. The molecule has 0 atom stereocenters. The molecule has 2 aromatic rings. The van der Waals surface area contributed by atoms with Crippen molar-refractivity contribution in [2.75, 3.05) is 0 Å². The lowest BCUT2D eigenvalue weighted by molar-refractivity contribution is 0.323. The molecule has 0 bridgehead atoms. The number of halogens is 1. The maximum absolute atomic E-state index is 5.95. The van der Waals surface area contributed by atoms with Crippen molar-refractivity contribution in [2.24, 2.45) is 5.73 Å². The quantitative estimate of drug-likeness (QED) is 0.909. The first-order valence-electron chi connectivity index (χ1n) is 6.77. The largest absolute Gasteiger partial charge is 0.334 e. The van der Waals surface area contributed by atoms with Crippen LogP contribution in [0.15, 0.2) is 36.8 Å². The Labute approximate surface area is 118 Å². The monoisotopic (exact) mass is 275 g/mol. The van der Waals surface area contributed by atoms with E-state index >= 15 is 0 Å². The lowest BCUT2D eigenvalue weighted by atomic mass is 9.92. The molecule has 2 N–H and O–H groups in total. The number of imidazole rings is 1. The van der Waals surface area contributed by atoms with Crippen LogP contribution in [0.5, 0.6) is 0 Å². The van der Waals surface area contributed by atoms with Crippen LogP contribution in [0.25, 0.3) is 11.3 Å². The molecule has 1 aliphatic rings. The molecule has 1 heterocycles. The summed E-state index contributed by atoms with van der Waals surface area (Å²) in [5.41, 5.74) is 8.06. The van der Waals surface area contributed by atoms with Crippen LogP contribution in [-0.4, -0.2) is 15.6 Å². The van der Waals surface area contributed by atoms with Crippen molar-refractivity contribution in [1.29, 1.82) is 0 Å². The molecule has 4 heteroatoms. The predicted molar refractivity (Wildman–Crippen MR) is 78.2 cm³/mol. The molecule has 1 aliphatic carbocycles. The van der Waals surface area contributed by atoms with E-state index in [1.165, 1.54) is 0 Å². The van der Waals surface area contributed by atoms with E-state index in [0.29, 0.717) is 12.1 Å². The average molecular weight is 276 g/mol. The van der Waals surface area contributed by atoms with Gasteiger partial charge in [-0.2, -0.15) is 0 Å². The zero-order chi connectivity index (χ0) is 13.2. The SMILES string of the molecule is NC1CCC(n2cnc(-c3ccc(Cl)cc3)c2)CC1. The summed E-state index contributed by atoms with van der Waals surface area (Å²) in [6.45, 7) is 0. The Morgan fingerprint density at radius 2 is 1.79 bits per heavy atom. The van der Waals surface area contributed by atoms with E-state index in [1.807, 2.05) is 30.6 Å². The Hall–Kier alpha value is -1.32. The van der Waals surface area contributed by atoms with Gasteiger partial charge >= 0.3 is 0 Å². The molecule has 100 valence electrons. The van der Waals surface area contributed by atoms with E-state index in [2.05, 4.69) is 15.7 Å². The molecule has 3 nitrogen and oxygen atoms in total. The minimum Gasteiger partial charge on any atom is -0.334 e. The second kappa shape index (κ2) is 5.35. The van der Waals surface area contributed by atoms with E-state index in [1.54, 1.807) is 0 Å². The van der Waals surface area contributed by atoms with Crippen LogP contribution in [0.2, 0.25) is 5.02 Å². The third-order valence-electron chi connectivity index (χ3n) is 3.90. The first kappa shape index (κ1) is 12.7. The van der Waals surface area contributed by atoms with Gasteiger partial charge in [0.05, 0.1) is 12.0 Å². The van der Waals surface area contributed by atoms with Crippen molar-refractivity contribution in [2.45, 2.75) is 37.8 Å². The minimum absolute atomic E-state index is 0.385. The van der Waals surface area contributed by atoms with E-state index < -0.39 is 0 Å². The van der Waals surface area contributed by atoms with Crippen molar-refractivity contribution < 1.29 is 0 Å². The van der Waals surface area contributed by atoms with Gasteiger partial charge in [0, 0.05) is 28.9 Å². The van der Waals surface area contributed by atoms with Crippen molar-refractivity contribution in [3.63, 3.8) is 0 Å². The molecule has 3 rings (SSSR count). The highest BCUT2D eigenvalue weighted by molar-refractivity contribution is 6.30. The minimum atomic E-state index is 0.385. The zero-order valence-electron chi connectivity index (χ0n) is 10.8. The van der Waals surface area contributed by atoms with Crippen molar-refractivity contribution in [3.05, 3.63) is 41.8 Å². The normalized spacial score (nSPS) is 23.5. The fourth-order valence-electron chi connectivity index (χ4n) is 2.71. The van der Waals surface area contributed by atoms with Gasteiger partial charge in [0.2, 0.25) is 0 Å². The summed E-state index contributed by atoms with van der Waals surface area (Å²) in [6, 6.07) is 8.74. The number of benzene rings is 1. The summed E-state index contributed by atoms with van der Waals surface area (Å²) >= 11 is 5.90. The van der Waals surface area contributed by atoms with Gasteiger partial charge in [-0.15, -0.1) is 0 Å². The number of hydrogen-bond acceptors (Lipinski definition) is 2. The molecule has 0 spiro atoms. The van der Waals surface area contributed by atoms with Crippen LogP contribution in [0.3, 0.4) is 0 Å². The second-order valence-corrected chi connectivity index (χ2v) is 5.72.